The lowest BCUT2D eigenvalue weighted by atomic mass is 9.96. The predicted molar refractivity (Wildman–Crippen MR) is 83.4 cm³/mol. The van der Waals surface area contributed by atoms with Crippen molar-refractivity contribution in [3.63, 3.8) is 0 Å². The lowest BCUT2D eigenvalue weighted by molar-refractivity contribution is 0.0715. The van der Waals surface area contributed by atoms with E-state index in [9.17, 15) is 5.11 Å². The normalized spacial score (nSPS) is 13.9. The molecule has 0 amide bonds. The highest BCUT2D eigenvalue weighted by Crippen LogP contribution is 2.26. The average Bonchev–Trinajstić information content (AvgIpc) is 2.41. The SMILES string of the molecule is Cc1c(Br)cccc1NCC(C)(O)c1ccccc1. The summed E-state index contributed by atoms with van der Waals surface area (Å²) in [5.41, 5.74) is 2.20. The lowest BCUT2D eigenvalue weighted by Gasteiger charge is -2.25. The Morgan fingerprint density at radius 1 is 1.11 bits per heavy atom. The molecule has 2 N–H and O–H groups in total. The van der Waals surface area contributed by atoms with Gasteiger partial charge in [-0.25, -0.2) is 0 Å². The molecule has 0 spiro atoms. The van der Waals surface area contributed by atoms with Gasteiger partial charge in [0.25, 0.3) is 0 Å². The van der Waals surface area contributed by atoms with Crippen molar-refractivity contribution in [1.82, 2.24) is 0 Å². The first-order valence-corrected chi connectivity index (χ1v) is 7.07. The molecule has 0 fully saturated rings. The fraction of sp³-hybridized carbons (Fsp3) is 0.250. The van der Waals surface area contributed by atoms with Crippen LogP contribution in [0.15, 0.2) is 53.0 Å². The van der Waals surface area contributed by atoms with Crippen LogP contribution in [0.5, 0.6) is 0 Å². The van der Waals surface area contributed by atoms with Gasteiger partial charge in [0, 0.05) is 16.7 Å². The topological polar surface area (TPSA) is 32.3 Å². The first kappa shape index (κ1) is 14.1. The van der Waals surface area contributed by atoms with Gasteiger partial charge in [0.15, 0.2) is 0 Å². The number of benzene rings is 2. The fourth-order valence-electron chi connectivity index (χ4n) is 1.97. The molecule has 2 aromatic carbocycles. The first-order chi connectivity index (χ1) is 9.00. The smallest absolute Gasteiger partial charge is 0.104 e. The largest absolute Gasteiger partial charge is 0.384 e. The molecule has 0 aliphatic carbocycles. The van der Waals surface area contributed by atoms with Gasteiger partial charge < -0.3 is 10.4 Å². The van der Waals surface area contributed by atoms with E-state index in [1.165, 1.54) is 0 Å². The van der Waals surface area contributed by atoms with Crippen LogP contribution in [0.3, 0.4) is 0 Å². The van der Waals surface area contributed by atoms with Crippen LogP contribution in [-0.4, -0.2) is 11.7 Å². The minimum absolute atomic E-state index is 0.467. The van der Waals surface area contributed by atoms with Crippen LogP contribution < -0.4 is 5.32 Å². The zero-order valence-corrected chi connectivity index (χ0v) is 12.7. The van der Waals surface area contributed by atoms with E-state index in [1.807, 2.05) is 62.4 Å². The molecule has 100 valence electrons. The molecule has 0 aliphatic rings. The van der Waals surface area contributed by atoms with Crippen molar-refractivity contribution in [1.29, 1.82) is 0 Å². The number of nitrogens with one attached hydrogen (secondary N) is 1. The third-order valence-electron chi connectivity index (χ3n) is 3.29. The maximum absolute atomic E-state index is 10.5. The zero-order chi connectivity index (χ0) is 13.9. The fourth-order valence-corrected chi connectivity index (χ4v) is 2.33. The Kier molecular flexibility index (Phi) is 4.27. The first-order valence-electron chi connectivity index (χ1n) is 6.27. The van der Waals surface area contributed by atoms with Crippen LogP contribution in [0.4, 0.5) is 5.69 Å². The third-order valence-corrected chi connectivity index (χ3v) is 4.15. The van der Waals surface area contributed by atoms with Gasteiger partial charge in [-0.05, 0) is 37.1 Å². The molecule has 1 atom stereocenters. The summed E-state index contributed by atoms with van der Waals surface area (Å²) in [6.45, 7) is 4.33. The molecule has 0 heterocycles. The van der Waals surface area contributed by atoms with Gasteiger partial charge >= 0.3 is 0 Å². The molecule has 2 aromatic rings. The number of hydrogen-bond acceptors (Lipinski definition) is 2. The molecule has 3 heteroatoms. The van der Waals surface area contributed by atoms with E-state index in [0.29, 0.717) is 6.54 Å². The monoisotopic (exact) mass is 319 g/mol. The van der Waals surface area contributed by atoms with E-state index in [1.54, 1.807) is 0 Å². The predicted octanol–water partition coefficient (Wildman–Crippen LogP) is 4.08. The second-order valence-corrected chi connectivity index (χ2v) is 5.76. The molecule has 0 aliphatic heterocycles. The minimum atomic E-state index is -0.893. The van der Waals surface area contributed by atoms with E-state index < -0.39 is 5.60 Å². The summed E-state index contributed by atoms with van der Waals surface area (Å²) >= 11 is 3.51. The number of halogens is 1. The van der Waals surface area contributed by atoms with Crippen molar-refractivity contribution >= 4 is 21.6 Å². The Balaban J connectivity index is 2.12. The standard InChI is InChI=1S/C16H18BrNO/c1-12-14(17)9-6-10-15(12)18-11-16(2,19)13-7-4-3-5-8-13/h3-10,18-19H,11H2,1-2H3. The number of aliphatic hydroxyl groups is 1. The van der Waals surface area contributed by atoms with Crippen molar-refractivity contribution in [2.24, 2.45) is 0 Å². The molecule has 2 nitrogen and oxygen atoms in total. The molecule has 0 saturated heterocycles. The van der Waals surface area contributed by atoms with Crippen molar-refractivity contribution in [2.75, 3.05) is 11.9 Å². The molecule has 0 saturated carbocycles. The molecular formula is C16H18BrNO. The Labute approximate surface area is 122 Å². The molecule has 0 bridgehead atoms. The Morgan fingerprint density at radius 2 is 1.79 bits per heavy atom. The Bertz CT molecular complexity index is 552. The van der Waals surface area contributed by atoms with Gasteiger partial charge in [0.1, 0.15) is 5.60 Å². The highest BCUT2D eigenvalue weighted by atomic mass is 79.9. The van der Waals surface area contributed by atoms with Gasteiger partial charge in [-0.2, -0.15) is 0 Å². The van der Waals surface area contributed by atoms with Crippen LogP contribution in [0, 0.1) is 6.92 Å². The molecule has 0 radical (unpaired) electrons. The van der Waals surface area contributed by atoms with Crippen LogP contribution in [0.1, 0.15) is 18.1 Å². The molecule has 0 aromatic heterocycles. The average molecular weight is 320 g/mol. The van der Waals surface area contributed by atoms with Crippen LogP contribution in [0.25, 0.3) is 0 Å². The molecule has 2 rings (SSSR count). The Morgan fingerprint density at radius 3 is 2.47 bits per heavy atom. The third kappa shape index (κ3) is 3.37. The number of hydrogen-bond donors (Lipinski definition) is 2. The minimum Gasteiger partial charge on any atom is -0.384 e. The zero-order valence-electron chi connectivity index (χ0n) is 11.2. The molecular weight excluding hydrogens is 302 g/mol. The van der Waals surface area contributed by atoms with Crippen LogP contribution in [0.2, 0.25) is 0 Å². The highest BCUT2D eigenvalue weighted by molar-refractivity contribution is 9.10. The van der Waals surface area contributed by atoms with E-state index in [0.717, 1.165) is 21.3 Å². The summed E-state index contributed by atoms with van der Waals surface area (Å²) in [5, 5.41) is 13.8. The van der Waals surface area contributed by atoms with Crippen molar-refractivity contribution in [3.8, 4) is 0 Å². The van der Waals surface area contributed by atoms with E-state index in [-0.39, 0.29) is 0 Å². The number of anilines is 1. The van der Waals surface area contributed by atoms with E-state index in [2.05, 4.69) is 21.2 Å². The Hall–Kier alpha value is -1.32. The van der Waals surface area contributed by atoms with Gasteiger partial charge in [0.2, 0.25) is 0 Å². The maximum Gasteiger partial charge on any atom is 0.104 e. The summed E-state index contributed by atoms with van der Waals surface area (Å²) in [6, 6.07) is 15.7. The van der Waals surface area contributed by atoms with Crippen LogP contribution >= 0.6 is 15.9 Å². The van der Waals surface area contributed by atoms with Gasteiger partial charge in [-0.15, -0.1) is 0 Å². The van der Waals surface area contributed by atoms with E-state index in [4.69, 9.17) is 0 Å². The highest BCUT2D eigenvalue weighted by Gasteiger charge is 2.22. The summed E-state index contributed by atoms with van der Waals surface area (Å²) in [5.74, 6) is 0. The molecule has 1 unspecified atom stereocenters. The summed E-state index contributed by atoms with van der Waals surface area (Å²) < 4.78 is 1.07. The second-order valence-electron chi connectivity index (χ2n) is 4.91. The van der Waals surface area contributed by atoms with Gasteiger partial charge in [-0.1, -0.05) is 52.3 Å². The maximum atomic E-state index is 10.5. The molecule has 19 heavy (non-hydrogen) atoms. The summed E-state index contributed by atoms with van der Waals surface area (Å²) in [7, 11) is 0. The summed E-state index contributed by atoms with van der Waals surface area (Å²) in [4.78, 5) is 0. The van der Waals surface area contributed by atoms with Crippen molar-refractivity contribution in [2.45, 2.75) is 19.4 Å². The summed E-state index contributed by atoms with van der Waals surface area (Å²) in [6.07, 6.45) is 0. The van der Waals surface area contributed by atoms with Crippen molar-refractivity contribution in [3.05, 3.63) is 64.1 Å². The quantitative estimate of drug-likeness (QED) is 0.890. The van der Waals surface area contributed by atoms with Gasteiger partial charge in [0.05, 0.1) is 0 Å². The lowest BCUT2D eigenvalue weighted by Crippen LogP contribution is -2.30. The van der Waals surface area contributed by atoms with Crippen LogP contribution in [-0.2, 0) is 5.60 Å². The van der Waals surface area contributed by atoms with E-state index >= 15 is 0 Å². The second kappa shape index (κ2) is 5.76. The van der Waals surface area contributed by atoms with Crippen molar-refractivity contribution < 1.29 is 5.11 Å². The van der Waals surface area contributed by atoms with Gasteiger partial charge in [-0.3, -0.25) is 0 Å². The number of rotatable bonds is 4.